The second-order valence-electron chi connectivity index (χ2n) is 1.99. The number of thiophene rings is 1. The Labute approximate surface area is 89.4 Å². The maximum absolute atomic E-state index is 11.0. The molecule has 0 aromatic carbocycles. The lowest BCUT2D eigenvalue weighted by Crippen LogP contribution is -1.86. The van der Waals surface area contributed by atoms with Crippen molar-refractivity contribution in [1.29, 1.82) is 0 Å². The minimum Gasteiger partial charge on any atom is -0.294 e. The van der Waals surface area contributed by atoms with E-state index < -0.39 is 4.67 Å². The van der Waals surface area contributed by atoms with Crippen LogP contribution in [0.1, 0.15) is 16.6 Å². The van der Waals surface area contributed by atoms with Gasteiger partial charge in [-0.3, -0.25) is 4.79 Å². The van der Waals surface area contributed by atoms with Gasteiger partial charge in [0.15, 0.2) is 5.78 Å². The Morgan fingerprint density at radius 3 is 2.83 bits per heavy atom. The highest BCUT2D eigenvalue weighted by Gasteiger charge is 2.08. The number of carbonyl (C=O) groups is 1. The van der Waals surface area contributed by atoms with Gasteiger partial charge in [-0.05, 0) is 53.4 Å². The van der Waals surface area contributed by atoms with Crippen LogP contribution in [0.3, 0.4) is 0 Å². The van der Waals surface area contributed by atoms with Crippen LogP contribution in [-0.4, -0.2) is 5.78 Å². The lowest BCUT2D eigenvalue weighted by atomic mass is 10.4. The Morgan fingerprint density at radius 2 is 2.33 bits per heavy atom. The van der Waals surface area contributed by atoms with Crippen molar-refractivity contribution in [2.24, 2.45) is 0 Å². The topological polar surface area (TPSA) is 17.1 Å². The van der Waals surface area contributed by atoms with E-state index >= 15 is 0 Å². The van der Waals surface area contributed by atoms with Gasteiger partial charge in [0.2, 0.25) is 0 Å². The fraction of sp³-hybridized carbons (Fsp3) is 0.167. The highest BCUT2D eigenvalue weighted by atomic mass is 33.1. The second-order valence-corrected chi connectivity index (χ2v) is 9.89. The van der Waals surface area contributed by atoms with Crippen LogP contribution in [0.2, 0.25) is 0 Å². The zero-order valence-corrected chi connectivity index (χ0v) is 10.3. The van der Waals surface area contributed by atoms with E-state index in [-0.39, 0.29) is 5.78 Å². The molecule has 1 aromatic rings. The fourth-order valence-electron chi connectivity index (χ4n) is 0.706. The summed E-state index contributed by atoms with van der Waals surface area (Å²) >= 11 is 12.7. The van der Waals surface area contributed by atoms with Crippen molar-refractivity contribution in [2.45, 2.75) is 11.8 Å². The van der Waals surface area contributed by atoms with Crippen LogP contribution in [0, 0.1) is 0 Å². The van der Waals surface area contributed by atoms with Crippen molar-refractivity contribution in [3.63, 3.8) is 0 Å². The van der Waals surface area contributed by atoms with Crippen LogP contribution in [0.15, 0.2) is 16.3 Å². The SMILES string of the molecule is CC(=O)c1sccc1SP(=S)=S. The van der Waals surface area contributed by atoms with Gasteiger partial charge in [0.1, 0.15) is 0 Å². The molecule has 0 atom stereocenters. The monoisotopic (exact) mass is 252 g/mol. The minimum atomic E-state index is -0.854. The Morgan fingerprint density at radius 1 is 1.67 bits per heavy atom. The summed E-state index contributed by atoms with van der Waals surface area (Å²) in [4.78, 5) is 12.8. The summed E-state index contributed by atoms with van der Waals surface area (Å²) in [5.74, 6) is 0.0920. The van der Waals surface area contributed by atoms with Gasteiger partial charge in [-0.2, -0.15) is 0 Å². The van der Waals surface area contributed by atoms with E-state index in [1.54, 1.807) is 6.92 Å². The van der Waals surface area contributed by atoms with E-state index in [1.165, 1.54) is 22.7 Å². The van der Waals surface area contributed by atoms with Crippen molar-refractivity contribution in [3.05, 3.63) is 16.3 Å². The van der Waals surface area contributed by atoms with Crippen molar-refractivity contribution >= 4 is 56.8 Å². The predicted octanol–water partition coefficient (Wildman–Crippen LogP) is 3.36. The summed E-state index contributed by atoms with van der Waals surface area (Å²) in [5.41, 5.74) is 0. The molecule has 0 N–H and O–H groups in total. The van der Waals surface area contributed by atoms with E-state index in [1.807, 2.05) is 11.4 Å². The van der Waals surface area contributed by atoms with Gasteiger partial charge >= 0.3 is 0 Å². The third kappa shape index (κ3) is 2.75. The molecule has 0 spiro atoms. The predicted molar refractivity (Wildman–Crippen MR) is 61.8 cm³/mol. The maximum Gasteiger partial charge on any atom is 0.170 e. The number of hydrogen-bond donors (Lipinski definition) is 0. The van der Waals surface area contributed by atoms with Crippen molar-refractivity contribution < 1.29 is 4.79 Å². The van der Waals surface area contributed by atoms with E-state index in [9.17, 15) is 4.79 Å². The molecule has 0 saturated carbocycles. The Kier molecular flexibility index (Phi) is 4.06. The highest BCUT2D eigenvalue weighted by molar-refractivity contribution is 8.72. The quantitative estimate of drug-likeness (QED) is 0.605. The molecule has 1 nitrogen and oxygen atoms in total. The maximum atomic E-state index is 11.0. The molecular weight excluding hydrogens is 247 g/mol. The Hall–Kier alpha value is 0.460. The largest absolute Gasteiger partial charge is 0.294 e. The summed E-state index contributed by atoms with van der Waals surface area (Å²) in [5, 5.41) is 1.89. The number of hydrogen-bond acceptors (Lipinski definition) is 5. The molecule has 0 aliphatic rings. The van der Waals surface area contributed by atoms with Crippen molar-refractivity contribution in [3.8, 4) is 0 Å². The van der Waals surface area contributed by atoms with Crippen LogP contribution in [0.4, 0.5) is 0 Å². The van der Waals surface area contributed by atoms with E-state index in [2.05, 4.69) is 0 Å². The first-order valence-corrected chi connectivity index (χ1v) is 8.69. The average Bonchev–Trinajstić information content (AvgIpc) is 2.33. The fourth-order valence-corrected chi connectivity index (χ4v) is 4.84. The molecule has 0 radical (unpaired) electrons. The molecule has 6 heteroatoms. The molecular formula is C6H5OPS4. The molecule has 1 heterocycles. The molecule has 0 unspecified atom stereocenters. The van der Waals surface area contributed by atoms with E-state index in [0.29, 0.717) is 0 Å². The smallest absolute Gasteiger partial charge is 0.170 e. The minimum absolute atomic E-state index is 0.0920. The van der Waals surface area contributed by atoms with Crippen LogP contribution in [0.5, 0.6) is 0 Å². The van der Waals surface area contributed by atoms with Crippen LogP contribution >= 0.6 is 27.4 Å². The van der Waals surface area contributed by atoms with E-state index in [0.717, 1.165) is 9.77 Å². The molecule has 12 heavy (non-hydrogen) atoms. The van der Waals surface area contributed by atoms with Gasteiger partial charge in [0, 0.05) is 4.90 Å². The number of carbonyl (C=O) groups excluding carboxylic acids is 1. The molecule has 1 aromatic heterocycles. The number of rotatable bonds is 3. The molecule has 0 saturated heterocycles. The lowest BCUT2D eigenvalue weighted by Gasteiger charge is -1.93. The normalized spacial score (nSPS) is 9.75. The standard InChI is InChI=1S/C6H5OPS4/c1-4(7)6-5(2-3-11-6)12-8(9)10/h2-3H,1H3. The molecule has 1 rings (SSSR count). The van der Waals surface area contributed by atoms with Crippen molar-refractivity contribution in [1.82, 2.24) is 0 Å². The highest BCUT2D eigenvalue weighted by Crippen LogP contribution is 2.39. The first-order chi connectivity index (χ1) is 5.61. The lowest BCUT2D eigenvalue weighted by molar-refractivity contribution is 0.101. The summed E-state index contributed by atoms with van der Waals surface area (Å²) < 4.78 is -0.854. The molecule has 0 bridgehead atoms. The number of Topliss-reactive ketones (excluding diaryl/α,β-unsaturated/α-hetero) is 1. The van der Waals surface area contributed by atoms with Gasteiger partial charge < -0.3 is 0 Å². The third-order valence-electron chi connectivity index (χ3n) is 1.12. The Balaban J connectivity index is 2.99. The van der Waals surface area contributed by atoms with Gasteiger partial charge in [0.25, 0.3) is 0 Å². The zero-order chi connectivity index (χ0) is 9.14. The first kappa shape index (κ1) is 10.5. The first-order valence-electron chi connectivity index (χ1n) is 3.02. The summed E-state index contributed by atoms with van der Waals surface area (Å²) in [6.45, 7) is 1.56. The third-order valence-corrected chi connectivity index (χ3v) is 5.33. The average molecular weight is 252 g/mol. The summed E-state index contributed by atoms with van der Waals surface area (Å²) in [6, 6.07) is 1.90. The summed E-state index contributed by atoms with van der Waals surface area (Å²) in [6.07, 6.45) is 0. The summed E-state index contributed by atoms with van der Waals surface area (Å²) in [7, 11) is 0. The van der Waals surface area contributed by atoms with Crippen LogP contribution < -0.4 is 0 Å². The Bertz CT molecular complexity index is 357. The van der Waals surface area contributed by atoms with Crippen molar-refractivity contribution in [2.75, 3.05) is 0 Å². The molecule has 0 aliphatic heterocycles. The zero-order valence-electron chi connectivity index (χ0n) is 6.14. The van der Waals surface area contributed by atoms with Gasteiger partial charge in [-0.25, -0.2) is 0 Å². The van der Waals surface area contributed by atoms with Crippen LogP contribution in [0.25, 0.3) is 0 Å². The molecule has 64 valence electrons. The molecule has 0 fully saturated rings. The van der Waals surface area contributed by atoms with Gasteiger partial charge in [-0.1, -0.05) is 0 Å². The molecule has 0 amide bonds. The second kappa shape index (κ2) is 4.63. The number of ketones is 1. The van der Waals surface area contributed by atoms with E-state index in [4.69, 9.17) is 23.6 Å². The molecule has 0 aliphatic carbocycles. The van der Waals surface area contributed by atoms with Gasteiger partial charge in [0.05, 0.1) is 9.55 Å². The van der Waals surface area contributed by atoms with Crippen LogP contribution in [-0.2, 0) is 23.6 Å². The van der Waals surface area contributed by atoms with Gasteiger partial charge in [-0.15, -0.1) is 11.3 Å².